The Bertz CT molecular complexity index is 520. The van der Waals surface area contributed by atoms with E-state index in [0.717, 1.165) is 37.9 Å². The summed E-state index contributed by atoms with van der Waals surface area (Å²) in [7, 11) is 1.85. The van der Waals surface area contributed by atoms with Crippen LogP contribution in [0, 0.1) is 5.41 Å². The highest BCUT2D eigenvalue weighted by Gasteiger charge is 2.29. The van der Waals surface area contributed by atoms with Crippen molar-refractivity contribution in [3.05, 3.63) is 24.2 Å². The second kappa shape index (κ2) is 9.80. The summed E-state index contributed by atoms with van der Waals surface area (Å²) < 4.78 is 5.69. The van der Waals surface area contributed by atoms with Gasteiger partial charge in [-0.05, 0) is 56.3 Å². The highest BCUT2D eigenvalue weighted by Crippen LogP contribution is 2.36. The number of hydrogen-bond acceptors (Lipinski definition) is 3. The molecule has 2 heterocycles. The topological polar surface area (TPSA) is 52.8 Å². The first-order chi connectivity index (χ1) is 11.7. The van der Waals surface area contributed by atoms with Crippen LogP contribution in [-0.2, 0) is 0 Å². The van der Waals surface area contributed by atoms with Crippen LogP contribution in [0.25, 0.3) is 0 Å². The van der Waals surface area contributed by atoms with Crippen molar-refractivity contribution in [2.24, 2.45) is 10.4 Å². The van der Waals surface area contributed by atoms with Crippen LogP contribution in [-0.4, -0.2) is 44.1 Å². The lowest BCUT2D eigenvalue weighted by Gasteiger charge is -2.28. The number of guanidine groups is 1. The van der Waals surface area contributed by atoms with Crippen molar-refractivity contribution in [1.82, 2.24) is 15.5 Å². The van der Waals surface area contributed by atoms with Gasteiger partial charge in [-0.2, -0.15) is 0 Å². The van der Waals surface area contributed by atoms with E-state index in [1.165, 1.54) is 38.5 Å². The Morgan fingerprint density at radius 2 is 1.96 bits per heavy atom. The number of halogens is 1. The summed E-state index contributed by atoms with van der Waals surface area (Å²) in [6.45, 7) is 6.51. The van der Waals surface area contributed by atoms with Crippen LogP contribution < -0.4 is 10.6 Å². The summed E-state index contributed by atoms with van der Waals surface area (Å²) in [6, 6.07) is 4.34. The molecule has 6 heteroatoms. The molecule has 2 fully saturated rings. The van der Waals surface area contributed by atoms with Crippen LogP contribution in [0.15, 0.2) is 27.8 Å². The van der Waals surface area contributed by atoms with Crippen LogP contribution in [0.3, 0.4) is 0 Å². The molecule has 25 heavy (non-hydrogen) atoms. The van der Waals surface area contributed by atoms with Gasteiger partial charge in [0, 0.05) is 20.1 Å². The van der Waals surface area contributed by atoms with Crippen LogP contribution in [0.4, 0.5) is 0 Å². The van der Waals surface area contributed by atoms with Gasteiger partial charge in [-0.25, -0.2) is 0 Å². The molecule has 0 bridgehead atoms. The van der Waals surface area contributed by atoms with E-state index in [-0.39, 0.29) is 30.0 Å². The van der Waals surface area contributed by atoms with E-state index in [0.29, 0.717) is 5.41 Å². The number of nitrogens with zero attached hydrogens (tertiary/aromatic N) is 2. The average molecular weight is 460 g/mol. The van der Waals surface area contributed by atoms with Crippen molar-refractivity contribution in [2.45, 2.75) is 51.5 Å². The van der Waals surface area contributed by atoms with E-state index in [1.54, 1.807) is 6.26 Å². The number of aliphatic imine (C=N–C) groups is 1. The number of hydrogen-bond donors (Lipinski definition) is 2. The molecule has 1 saturated heterocycles. The first kappa shape index (κ1) is 20.6. The average Bonchev–Trinajstić information content (AvgIpc) is 3.33. The molecular weight excluding hydrogens is 427 g/mol. The molecule has 0 amide bonds. The van der Waals surface area contributed by atoms with Crippen LogP contribution in [0.5, 0.6) is 0 Å². The fourth-order valence-electron chi connectivity index (χ4n) is 4.06. The second-order valence-corrected chi connectivity index (χ2v) is 7.60. The predicted octanol–water partition coefficient (Wildman–Crippen LogP) is 3.78. The van der Waals surface area contributed by atoms with Gasteiger partial charge in [0.05, 0.1) is 12.3 Å². The smallest absolute Gasteiger partial charge is 0.191 e. The van der Waals surface area contributed by atoms with E-state index in [4.69, 9.17) is 4.42 Å². The maximum atomic E-state index is 5.69. The van der Waals surface area contributed by atoms with Crippen molar-refractivity contribution in [3.63, 3.8) is 0 Å². The molecule has 5 nitrogen and oxygen atoms in total. The summed E-state index contributed by atoms with van der Waals surface area (Å²) in [5.74, 6) is 1.95. The monoisotopic (exact) mass is 460 g/mol. The third-order valence-corrected chi connectivity index (χ3v) is 5.63. The molecule has 0 spiro atoms. The highest BCUT2D eigenvalue weighted by molar-refractivity contribution is 14.0. The zero-order valence-electron chi connectivity index (χ0n) is 15.6. The SMILES string of the molecule is CN=C(NCC(c1ccco1)N1CCCC1)NCC1(C)CCCC1.I. The van der Waals surface area contributed by atoms with Crippen molar-refractivity contribution in [1.29, 1.82) is 0 Å². The van der Waals surface area contributed by atoms with Gasteiger partial charge in [0.25, 0.3) is 0 Å². The van der Waals surface area contributed by atoms with Gasteiger partial charge in [0.1, 0.15) is 5.76 Å². The van der Waals surface area contributed by atoms with Crippen molar-refractivity contribution in [3.8, 4) is 0 Å². The van der Waals surface area contributed by atoms with Gasteiger partial charge in [0.15, 0.2) is 5.96 Å². The third kappa shape index (κ3) is 5.61. The Hall–Kier alpha value is -0.760. The molecule has 1 atom stereocenters. The molecule has 1 aromatic heterocycles. The largest absolute Gasteiger partial charge is 0.468 e. The lowest BCUT2D eigenvalue weighted by Crippen LogP contribution is -2.45. The number of furan rings is 1. The fraction of sp³-hybridized carbons (Fsp3) is 0.737. The molecule has 0 radical (unpaired) electrons. The zero-order chi connectivity index (χ0) is 16.8. The van der Waals surface area contributed by atoms with Crippen molar-refractivity contribution in [2.75, 3.05) is 33.2 Å². The number of nitrogens with one attached hydrogen (secondary N) is 2. The fourth-order valence-corrected chi connectivity index (χ4v) is 4.06. The third-order valence-electron chi connectivity index (χ3n) is 5.63. The molecule has 1 aliphatic carbocycles. The Kier molecular flexibility index (Phi) is 8.06. The maximum Gasteiger partial charge on any atom is 0.191 e. The Labute approximate surface area is 169 Å². The van der Waals surface area contributed by atoms with Crippen molar-refractivity contribution < 1.29 is 4.42 Å². The lowest BCUT2D eigenvalue weighted by atomic mass is 9.89. The van der Waals surface area contributed by atoms with Gasteiger partial charge >= 0.3 is 0 Å². The Balaban J connectivity index is 0.00000225. The van der Waals surface area contributed by atoms with Gasteiger partial charge in [0.2, 0.25) is 0 Å². The highest BCUT2D eigenvalue weighted by atomic mass is 127. The van der Waals surface area contributed by atoms with Crippen LogP contribution in [0.1, 0.15) is 57.3 Å². The quantitative estimate of drug-likeness (QED) is 0.386. The molecule has 3 rings (SSSR count). The van der Waals surface area contributed by atoms with E-state index in [1.807, 2.05) is 13.1 Å². The van der Waals surface area contributed by atoms with E-state index in [2.05, 4.69) is 33.5 Å². The second-order valence-electron chi connectivity index (χ2n) is 7.60. The number of rotatable bonds is 6. The normalized spacial score (nSPS) is 21.8. The van der Waals surface area contributed by atoms with Crippen molar-refractivity contribution >= 4 is 29.9 Å². The van der Waals surface area contributed by atoms with E-state index < -0.39 is 0 Å². The number of likely N-dealkylation sites (tertiary alicyclic amines) is 1. The molecule has 1 aliphatic heterocycles. The summed E-state index contributed by atoms with van der Waals surface area (Å²) >= 11 is 0. The van der Waals surface area contributed by atoms with Crippen LogP contribution >= 0.6 is 24.0 Å². The molecule has 0 aromatic carbocycles. The Morgan fingerprint density at radius 3 is 2.56 bits per heavy atom. The zero-order valence-corrected chi connectivity index (χ0v) is 17.9. The minimum absolute atomic E-state index is 0. The molecule has 2 aliphatic rings. The minimum Gasteiger partial charge on any atom is -0.468 e. The Morgan fingerprint density at radius 1 is 1.24 bits per heavy atom. The van der Waals surface area contributed by atoms with Crippen LogP contribution in [0.2, 0.25) is 0 Å². The maximum absolute atomic E-state index is 5.69. The minimum atomic E-state index is 0. The first-order valence-electron chi connectivity index (χ1n) is 9.42. The molecule has 1 aromatic rings. The van der Waals surface area contributed by atoms with Gasteiger partial charge < -0.3 is 15.1 Å². The first-order valence-corrected chi connectivity index (χ1v) is 9.42. The summed E-state index contributed by atoms with van der Waals surface area (Å²) in [5.41, 5.74) is 0.424. The summed E-state index contributed by atoms with van der Waals surface area (Å²) in [6.07, 6.45) is 9.69. The van der Waals surface area contributed by atoms with Gasteiger partial charge in [-0.3, -0.25) is 9.89 Å². The molecule has 1 saturated carbocycles. The van der Waals surface area contributed by atoms with Gasteiger partial charge in [-0.15, -0.1) is 24.0 Å². The molecule has 142 valence electrons. The summed E-state index contributed by atoms with van der Waals surface area (Å²) in [4.78, 5) is 6.92. The van der Waals surface area contributed by atoms with Gasteiger partial charge in [-0.1, -0.05) is 19.8 Å². The molecule has 2 N–H and O–H groups in total. The summed E-state index contributed by atoms with van der Waals surface area (Å²) in [5, 5.41) is 7.05. The lowest BCUT2D eigenvalue weighted by molar-refractivity contribution is 0.215. The standard InChI is InChI=1S/C19H32N4O.HI/c1-19(9-3-4-10-19)15-22-18(20-2)21-14-16(17-8-7-13-24-17)23-11-5-6-12-23;/h7-8,13,16H,3-6,9-12,14-15H2,1-2H3,(H2,20,21,22);1H. The molecule has 1 unspecified atom stereocenters. The van der Waals surface area contributed by atoms with E-state index >= 15 is 0 Å². The van der Waals surface area contributed by atoms with E-state index in [9.17, 15) is 0 Å². The molecular formula is C19H33IN4O. The predicted molar refractivity (Wildman–Crippen MR) is 114 cm³/mol.